The molecule has 0 radical (unpaired) electrons. The molecule has 2 fully saturated rings. The van der Waals surface area contributed by atoms with Gasteiger partial charge in [0.25, 0.3) is 0 Å². The van der Waals surface area contributed by atoms with Crippen molar-refractivity contribution in [1.82, 2.24) is 15.5 Å². The topological polar surface area (TPSA) is 53.6 Å². The molecule has 7 heteroatoms. The van der Waals surface area contributed by atoms with Crippen LogP contribution in [0.1, 0.15) is 44.2 Å². The Hall–Kier alpha value is -0.850. The van der Waals surface area contributed by atoms with Crippen molar-refractivity contribution < 1.29 is 9.53 Å². The SMILES string of the molecule is CC1CN(Cc2cccc(CNC(=O)CC(C)C3CCCNC3)c2)CCO1.Cl.Cl. The largest absolute Gasteiger partial charge is 0.376 e. The third-order valence-corrected chi connectivity index (χ3v) is 5.86. The number of hydrogen-bond donors (Lipinski definition) is 2. The number of amides is 1. The van der Waals surface area contributed by atoms with Gasteiger partial charge in [-0.15, -0.1) is 24.8 Å². The molecule has 166 valence electrons. The summed E-state index contributed by atoms with van der Waals surface area (Å²) in [5.74, 6) is 1.23. The summed E-state index contributed by atoms with van der Waals surface area (Å²) in [7, 11) is 0. The molecule has 3 atom stereocenters. The van der Waals surface area contributed by atoms with E-state index in [9.17, 15) is 4.79 Å². The van der Waals surface area contributed by atoms with Crippen LogP contribution < -0.4 is 10.6 Å². The third kappa shape index (κ3) is 8.81. The van der Waals surface area contributed by atoms with E-state index in [0.717, 1.165) is 39.3 Å². The lowest BCUT2D eigenvalue weighted by atomic mass is 9.85. The van der Waals surface area contributed by atoms with Crippen molar-refractivity contribution in [3.8, 4) is 0 Å². The Bertz CT molecular complexity index is 611. The number of ether oxygens (including phenoxy) is 1. The fourth-order valence-electron chi connectivity index (χ4n) is 4.23. The van der Waals surface area contributed by atoms with E-state index in [1.807, 2.05) is 0 Å². The molecule has 1 aromatic carbocycles. The summed E-state index contributed by atoms with van der Waals surface area (Å²) in [6.45, 7) is 10.8. The van der Waals surface area contributed by atoms with Gasteiger partial charge in [-0.1, -0.05) is 31.2 Å². The minimum atomic E-state index is 0. The lowest BCUT2D eigenvalue weighted by Crippen LogP contribution is -2.40. The summed E-state index contributed by atoms with van der Waals surface area (Å²) in [6.07, 6.45) is 3.40. The van der Waals surface area contributed by atoms with Gasteiger partial charge in [-0.3, -0.25) is 9.69 Å². The summed E-state index contributed by atoms with van der Waals surface area (Å²) in [5, 5.41) is 6.56. The normalized spacial score (nSPS) is 23.4. The molecule has 1 aromatic rings. The van der Waals surface area contributed by atoms with Crippen LogP contribution in [0.25, 0.3) is 0 Å². The predicted octanol–water partition coefficient (Wildman–Crippen LogP) is 3.39. The second-order valence-electron chi connectivity index (χ2n) is 8.30. The van der Waals surface area contributed by atoms with Crippen molar-refractivity contribution >= 4 is 30.7 Å². The smallest absolute Gasteiger partial charge is 0.220 e. The Morgan fingerprint density at radius 2 is 2.14 bits per heavy atom. The second kappa shape index (κ2) is 13.5. The van der Waals surface area contributed by atoms with Gasteiger partial charge in [0.15, 0.2) is 0 Å². The zero-order chi connectivity index (χ0) is 19.1. The molecule has 2 N–H and O–H groups in total. The minimum absolute atomic E-state index is 0. The molecule has 2 aliphatic heterocycles. The molecule has 2 heterocycles. The lowest BCUT2D eigenvalue weighted by molar-refractivity contribution is -0.122. The zero-order valence-electron chi connectivity index (χ0n) is 17.7. The molecule has 3 rings (SSSR count). The predicted molar refractivity (Wildman–Crippen MR) is 123 cm³/mol. The highest BCUT2D eigenvalue weighted by Gasteiger charge is 2.22. The van der Waals surface area contributed by atoms with Crippen LogP contribution in [0.4, 0.5) is 0 Å². The van der Waals surface area contributed by atoms with Crippen molar-refractivity contribution in [3.05, 3.63) is 35.4 Å². The van der Waals surface area contributed by atoms with Gasteiger partial charge < -0.3 is 15.4 Å². The number of carbonyl (C=O) groups excluding carboxylic acids is 1. The minimum Gasteiger partial charge on any atom is -0.376 e. The van der Waals surface area contributed by atoms with Crippen LogP contribution in [0.3, 0.4) is 0 Å². The summed E-state index contributed by atoms with van der Waals surface area (Å²) in [6, 6.07) is 8.58. The number of piperidine rings is 1. The summed E-state index contributed by atoms with van der Waals surface area (Å²) < 4.78 is 5.62. The van der Waals surface area contributed by atoms with Gasteiger partial charge in [-0.05, 0) is 55.8 Å². The molecule has 0 saturated carbocycles. The van der Waals surface area contributed by atoms with E-state index in [0.29, 0.717) is 30.9 Å². The van der Waals surface area contributed by atoms with Gasteiger partial charge in [-0.25, -0.2) is 0 Å². The standard InChI is InChI=1S/C22H35N3O2.2ClH/c1-17(21-7-4-8-23-14-21)11-22(26)24-13-19-5-3-6-20(12-19)16-25-9-10-27-18(2)15-25;;/h3,5-6,12,17-18,21,23H,4,7-11,13-16H2,1-2H3,(H,24,26);2*1H. The number of halogens is 2. The molecule has 3 unspecified atom stereocenters. The maximum Gasteiger partial charge on any atom is 0.220 e. The van der Waals surface area contributed by atoms with Crippen molar-refractivity contribution in [2.24, 2.45) is 11.8 Å². The van der Waals surface area contributed by atoms with Crippen LogP contribution in [-0.2, 0) is 22.6 Å². The van der Waals surface area contributed by atoms with E-state index in [1.54, 1.807) is 0 Å². The van der Waals surface area contributed by atoms with E-state index in [2.05, 4.69) is 53.6 Å². The quantitative estimate of drug-likeness (QED) is 0.674. The fourth-order valence-corrected chi connectivity index (χ4v) is 4.23. The molecule has 2 saturated heterocycles. The van der Waals surface area contributed by atoms with Gasteiger partial charge >= 0.3 is 0 Å². The highest BCUT2D eigenvalue weighted by Crippen LogP contribution is 2.22. The van der Waals surface area contributed by atoms with Gasteiger partial charge in [0.2, 0.25) is 5.91 Å². The monoisotopic (exact) mass is 445 g/mol. The number of morpholine rings is 1. The number of rotatable bonds is 7. The lowest BCUT2D eigenvalue weighted by Gasteiger charge is -2.31. The third-order valence-electron chi connectivity index (χ3n) is 5.86. The summed E-state index contributed by atoms with van der Waals surface area (Å²) >= 11 is 0. The van der Waals surface area contributed by atoms with Gasteiger partial charge in [0.05, 0.1) is 12.7 Å². The van der Waals surface area contributed by atoms with Crippen LogP contribution in [-0.4, -0.2) is 49.7 Å². The first kappa shape index (κ1) is 26.2. The number of benzene rings is 1. The second-order valence-corrected chi connectivity index (χ2v) is 8.30. The molecule has 2 aliphatic rings. The molecular formula is C22H37Cl2N3O2. The number of hydrogen-bond acceptors (Lipinski definition) is 4. The van der Waals surface area contributed by atoms with Crippen LogP contribution >= 0.6 is 24.8 Å². The van der Waals surface area contributed by atoms with Crippen molar-refractivity contribution in [3.63, 3.8) is 0 Å². The molecule has 1 amide bonds. The van der Waals surface area contributed by atoms with Gasteiger partial charge in [0, 0.05) is 32.6 Å². The van der Waals surface area contributed by atoms with E-state index in [-0.39, 0.29) is 30.7 Å². The van der Waals surface area contributed by atoms with Crippen molar-refractivity contribution in [1.29, 1.82) is 0 Å². The summed E-state index contributed by atoms with van der Waals surface area (Å²) in [5.41, 5.74) is 2.48. The molecule has 0 aliphatic carbocycles. The highest BCUT2D eigenvalue weighted by molar-refractivity contribution is 5.85. The fraction of sp³-hybridized carbons (Fsp3) is 0.682. The Balaban J connectivity index is 0.00000210. The molecule has 0 bridgehead atoms. The van der Waals surface area contributed by atoms with E-state index in [4.69, 9.17) is 4.74 Å². The zero-order valence-corrected chi connectivity index (χ0v) is 19.3. The number of nitrogens with zero attached hydrogens (tertiary/aromatic N) is 1. The van der Waals surface area contributed by atoms with Crippen LogP contribution in [0, 0.1) is 11.8 Å². The van der Waals surface area contributed by atoms with Crippen LogP contribution in [0.2, 0.25) is 0 Å². The first-order chi connectivity index (χ1) is 13.1. The average Bonchev–Trinajstić information content (AvgIpc) is 2.67. The first-order valence-electron chi connectivity index (χ1n) is 10.5. The first-order valence-corrected chi connectivity index (χ1v) is 10.5. The molecule has 0 aromatic heterocycles. The van der Waals surface area contributed by atoms with Crippen molar-refractivity contribution in [2.45, 2.75) is 52.3 Å². The Morgan fingerprint density at radius 3 is 2.86 bits per heavy atom. The van der Waals surface area contributed by atoms with E-state index < -0.39 is 0 Å². The number of carbonyl (C=O) groups is 1. The van der Waals surface area contributed by atoms with Gasteiger partial charge in [-0.2, -0.15) is 0 Å². The van der Waals surface area contributed by atoms with E-state index in [1.165, 1.54) is 24.0 Å². The molecule has 0 spiro atoms. The van der Waals surface area contributed by atoms with Crippen LogP contribution in [0.15, 0.2) is 24.3 Å². The Morgan fingerprint density at radius 1 is 1.34 bits per heavy atom. The molecule has 5 nitrogen and oxygen atoms in total. The average molecular weight is 446 g/mol. The Kier molecular flexibility index (Phi) is 12.1. The highest BCUT2D eigenvalue weighted by atomic mass is 35.5. The van der Waals surface area contributed by atoms with Crippen LogP contribution in [0.5, 0.6) is 0 Å². The van der Waals surface area contributed by atoms with Gasteiger partial charge in [0.1, 0.15) is 0 Å². The molecule has 29 heavy (non-hydrogen) atoms. The summed E-state index contributed by atoms with van der Waals surface area (Å²) in [4.78, 5) is 14.8. The number of nitrogens with one attached hydrogen (secondary N) is 2. The van der Waals surface area contributed by atoms with E-state index >= 15 is 0 Å². The van der Waals surface area contributed by atoms with Crippen molar-refractivity contribution in [2.75, 3.05) is 32.8 Å². The molecular weight excluding hydrogens is 409 g/mol. The maximum absolute atomic E-state index is 12.4. The Labute approximate surface area is 188 Å². The maximum atomic E-state index is 12.4.